The van der Waals surface area contributed by atoms with E-state index in [0.29, 0.717) is 28.7 Å². The monoisotopic (exact) mass is 360 g/mol. The molecule has 0 aliphatic carbocycles. The van der Waals surface area contributed by atoms with Gasteiger partial charge in [0.15, 0.2) is 0 Å². The molecule has 1 saturated heterocycles. The minimum absolute atomic E-state index is 0.347. The van der Waals surface area contributed by atoms with Gasteiger partial charge in [0.05, 0.1) is 16.5 Å². The van der Waals surface area contributed by atoms with Crippen LogP contribution in [0.5, 0.6) is 5.75 Å². The van der Waals surface area contributed by atoms with Crippen molar-refractivity contribution in [1.29, 1.82) is 0 Å². The van der Waals surface area contributed by atoms with Crippen LogP contribution in [0.15, 0.2) is 47.5 Å². The van der Waals surface area contributed by atoms with Gasteiger partial charge in [-0.2, -0.15) is 0 Å². The van der Waals surface area contributed by atoms with E-state index >= 15 is 0 Å². The smallest absolute Gasteiger partial charge is 0.290 e. The number of hydrogen-bond acceptors (Lipinski definition) is 5. The van der Waals surface area contributed by atoms with Gasteiger partial charge in [-0.05, 0) is 47.7 Å². The standard InChI is InChI=1S/C17H13ClN2O3S/c18-13-9-11(10-15-16(21)20-17(22)24-15)4-5-14(13)23-8-6-12-3-1-2-7-19-12/h1-5,7,9-10H,6,8H2,(H,20,21,22)/b15-10-. The van der Waals surface area contributed by atoms with E-state index in [2.05, 4.69) is 10.3 Å². The van der Waals surface area contributed by atoms with Gasteiger partial charge >= 0.3 is 0 Å². The maximum atomic E-state index is 11.5. The molecule has 1 aromatic heterocycles. The lowest BCUT2D eigenvalue weighted by atomic mass is 10.2. The Morgan fingerprint density at radius 3 is 2.79 bits per heavy atom. The van der Waals surface area contributed by atoms with Gasteiger partial charge in [0, 0.05) is 18.3 Å². The highest BCUT2D eigenvalue weighted by Crippen LogP contribution is 2.29. The molecule has 122 valence electrons. The lowest BCUT2D eigenvalue weighted by Gasteiger charge is -2.08. The first-order valence-corrected chi connectivity index (χ1v) is 8.38. The first-order chi connectivity index (χ1) is 11.6. The van der Waals surface area contributed by atoms with Crippen molar-refractivity contribution in [2.45, 2.75) is 6.42 Å². The maximum absolute atomic E-state index is 11.5. The molecule has 0 saturated carbocycles. The molecule has 3 rings (SSSR count). The quantitative estimate of drug-likeness (QED) is 0.824. The van der Waals surface area contributed by atoms with Crippen LogP contribution in [0, 0.1) is 0 Å². The van der Waals surface area contributed by atoms with Crippen LogP contribution < -0.4 is 10.1 Å². The lowest BCUT2D eigenvalue weighted by molar-refractivity contribution is -0.115. The summed E-state index contributed by atoms with van der Waals surface area (Å²) in [5, 5.41) is 2.29. The third kappa shape index (κ3) is 4.15. The SMILES string of the molecule is O=C1NC(=O)/C(=C/c2ccc(OCCc3ccccn3)c(Cl)c2)S1. The Balaban J connectivity index is 1.63. The number of ether oxygens (including phenoxy) is 1. The number of thioether (sulfide) groups is 1. The summed E-state index contributed by atoms with van der Waals surface area (Å²) in [5.74, 6) is 0.172. The molecule has 0 unspecified atom stereocenters. The molecule has 0 spiro atoms. The summed E-state index contributed by atoms with van der Waals surface area (Å²) < 4.78 is 5.67. The number of carbonyl (C=O) groups excluding carboxylic acids is 2. The number of carbonyl (C=O) groups is 2. The van der Waals surface area contributed by atoms with Crippen LogP contribution in [0.25, 0.3) is 6.08 Å². The number of pyridine rings is 1. The van der Waals surface area contributed by atoms with E-state index < -0.39 is 5.91 Å². The average molecular weight is 361 g/mol. The van der Waals surface area contributed by atoms with Crippen molar-refractivity contribution in [3.05, 3.63) is 63.8 Å². The van der Waals surface area contributed by atoms with Gasteiger partial charge in [-0.25, -0.2) is 0 Å². The topological polar surface area (TPSA) is 68.3 Å². The Morgan fingerprint density at radius 1 is 1.25 bits per heavy atom. The van der Waals surface area contributed by atoms with Gasteiger partial charge < -0.3 is 4.74 Å². The average Bonchev–Trinajstić information content (AvgIpc) is 2.88. The van der Waals surface area contributed by atoms with Gasteiger partial charge in [-0.1, -0.05) is 23.7 Å². The minimum atomic E-state index is -0.392. The number of halogens is 1. The number of aromatic nitrogens is 1. The molecule has 2 aromatic rings. The molecule has 0 radical (unpaired) electrons. The van der Waals surface area contributed by atoms with Crippen LogP contribution in [0.1, 0.15) is 11.3 Å². The second kappa shape index (κ2) is 7.51. The van der Waals surface area contributed by atoms with Crippen LogP contribution in [0.2, 0.25) is 5.02 Å². The molecule has 2 amide bonds. The molecule has 24 heavy (non-hydrogen) atoms. The minimum Gasteiger partial charge on any atom is -0.492 e. The highest BCUT2D eigenvalue weighted by Gasteiger charge is 2.24. The molecule has 1 aliphatic heterocycles. The number of imide groups is 1. The molecule has 0 atom stereocenters. The summed E-state index contributed by atoms with van der Waals surface area (Å²) in [7, 11) is 0. The van der Waals surface area contributed by atoms with E-state index in [9.17, 15) is 9.59 Å². The van der Waals surface area contributed by atoms with Crippen molar-refractivity contribution in [3.63, 3.8) is 0 Å². The van der Waals surface area contributed by atoms with Crippen LogP contribution in [0.4, 0.5) is 4.79 Å². The summed E-state index contributed by atoms with van der Waals surface area (Å²) in [4.78, 5) is 27.3. The van der Waals surface area contributed by atoms with Crippen molar-refractivity contribution < 1.29 is 14.3 Å². The van der Waals surface area contributed by atoms with Crippen LogP contribution >= 0.6 is 23.4 Å². The molecule has 1 aliphatic rings. The summed E-state index contributed by atoms with van der Waals surface area (Å²) in [6.07, 6.45) is 4.04. The summed E-state index contributed by atoms with van der Waals surface area (Å²) in [5.41, 5.74) is 1.67. The molecule has 1 aromatic carbocycles. The van der Waals surface area contributed by atoms with Crippen molar-refractivity contribution >= 4 is 40.6 Å². The fourth-order valence-electron chi connectivity index (χ4n) is 2.11. The molecule has 5 nitrogen and oxygen atoms in total. The number of benzene rings is 1. The maximum Gasteiger partial charge on any atom is 0.290 e. The van der Waals surface area contributed by atoms with Gasteiger partial charge in [-0.15, -0.1) is 0 Å². The number of amides is 2. The third-order valence-corrected chi connectivity index (χ3v) is 4.34. The van der Waals surface area contributed by atoms with Crippen LogP contribution in [0.3, 0.4) is 0 Å². The molecule has 7 heteroatoms. The van der Waals surface area contributed by atoms with Crippen molar-refractivity contribution in [2.75, 3.05) is 6.61 Å². The Labute approximate surface area is 148 Å². The van der Waals surface area contributed by atoms with E-state index in [1.165, 1.54) is 0 Å². The fourth-order valence-corrected chi connectivity index (χ4v) is 3.03. The van der Waals surface area contributed by atoms with Crippen LogP contribution in [-0.4, -0.2) is 22.7 Å². The zero-order chi connectivity index (χ0) is 16.9. The molecular formula is C17H13ClN2O3S. The number of rotatable bonds is 5. The van der Waals surface area contributed by atoms with E-state index in [1.807, 2.05) is 18.2 Å². The third-order valence-electron chi connectivity index (χ3n) is 3.24. The van der Waals surface area contributed by atoms with Gasteiger partial charge in [0.25, 0.3) is 11.1 Å². The molecule has 1 fully saturated rings. The normalized spacial score (nSPS) is 15.6. The first kappa shape index (κ1) is 16.5. The predicted molar refractivity (Wildman–Crippen MR) is 94.0 cm³/mol. The van der Waals surface area contributed by atoms with Crippen LogP contribution in [-0.2, 0) is 11.2 Å². The van der Waals surface area contributed by atoms with Crippen molar-refractivity contribution in [1.82, 2.24) is 10.3 Å². The lowest BCUT2D eigenvalue weighted by Crippen LogP contribution is -2.17. The highest BCUT2D eigenvalue weighted by molar-refractivity contribution is 8.18. The Bertz CT molecular complexity index is 809. The van der Waals surface area contributed by atoms with E-state index in [1.54, 1.807) is 30.5 Å². The van der Waals surface area contributed by atoms with E-state index in [0.717, 1.165) is 23.0 Å². The second-order valence-electron chi connectivity index (χ2n) is 4.96. The summed E-state index contributed by atoms with van der Waals surface area (Å²) in [6, 6.07) is 11.0. The zero-order valence-corrected chi connectivity index (χ0v) is 14.1. The second-order valence-corrected chi connectivity index (χ2v) is 6.38. The summed E-state index contributed by atoms with van der Waals surface area (Å²) >= 11 is 7.09. The number of nitrogens with zero attached hydrogens (tertiary/aromatic N) is 1. The van der Waals surface area contributed by atoms with Gasteiger partial charge in [0.2, 0.25) is 0 Å². The Kier molecular flexibility index (Phi) is 5.17. The fraction of sp³-hybridized carbons (Fsp3) is 0.118. The highest BCUT2D eigenvalue weighted by atomic mass is 35.5. The molecule has 2 heterocycles. The van der Waals surface area contributed by atoms with Crippen molar-refractivity contribution in [3.8, 4) is 5.75 Å². The van der Waals surface area contributed by atoms with Gasteiger partial charge in [-0.3, -0.25) is 19.9 Å². The first-order valence-electron chi connectivity index (χ1n) is 7.19. The Hall–Kier alpha value is -2.31. The number of nitrogens with one attached hydrogen (secondary N) is 1. The van der Waals surface area contributed by atoms with Gasteiger partial charge in [0.1, 0.15) is 5.75 Å². The number of hydrogen-bond donors (Lipinski definition) is 1. The predicted octanol–water partition coefficient (Wildman–Crippen LogP) is 3.68. The molecule has 1 N–H and O–H groups in total. The van der Waals surface area contributed by atoms with Crippen molar-refractivity contribution in [2.24, 2.45) is 0 Å². The molecule has 0 bridgehead atoms. The Morgan fingerprint density at radius 2 is 2.12 bits per heavy atom. The zero-order valence-electron chi connectivity index (χ0n) is 12.5. The summed E-state index contributed by atoms with van der Waals surface area (Å²) in [6.45, 7) is 0.462. The van der Waals surface area contributed by atoms with E-state index in [-0.39, 0.29) is 5.24 Å². The van der Waals surface area contributed by atoms with E-state index in [4.69, 9.17) is 16.3 Å². The largest absolute Gasteiger partial charge is 0.492 e. The molecular weight excluding hydrogens is 348 g/mol.